The summed E-state index contributed by atoms with van der Waals surface area (Å²) in [7, 11) is -3.59. The van der Waals surface area contributed by atoms with Crippen molar-refractivity contribution >= 4 is 45.0 Å². The molecule has 1 heterocycles. The lowest BCUT2D eigenvalue weighted by atomic mass is 10.4. The first kappa shape index (κ1) is 15.0. The fourth-order valence-electron chi connectivity index (χ4n) is 1.17. The highest BCUT2D eigenvalue weighted by molar-refractivity contribution is 7.98. The van der Waals surface area contributed by atoms with E-state index in [-0.39, 0.29) is 21.1 Å². The van der Waals surface area contributed by atoms with Crippen LogP contribution in [0.1, 0.15) is 6.92 Å². The van der Waals surface area contributed by atoms with E-state index in [1.165, 1.54) is 12.3 Å². The van der Waals surface area contributed by atoms with Crippen LogP contribution in [0.2, 0.25) is 10.2 Å². The number of aromatic nitrogens is 1. The minimum absolute atomic E-state index is 0.0138. The van der Waals surface area contributed by atoms with Crippen LogP contribution in [0.3, 0.4) is 0 Å². The zero-order valence-electron chi connectivity index (χ0n) is 9.28. The number of thioether (sulfide) groups is 1. The predicted octanol–water partition coefficient (Wildman–Crippen LogP) is 2.42. The molecule has 4 nitrogen and oxygen atoms in total. The highest BCUT2D eigenvalue weighted by Gasteiger charge is 2.18. The highest BCUT2D eigenvalue weighted by Crippen LogP contribution is 2.22. The standard InChI is InChI=1S/C9H12Cl2N2O2S2/c1-6(5-16-2)13-17(14,15)7-3-8(10)9(11)12-4-7/h3-4,6,13H,5H2,1-2H3. The topological polar surface area (TPSA) is 59.1 Å². The van der Waals surface area contributed by atoms with Gasteiger partial charge in [-0.05, 0) is 19.2 Å². The van der Waals surface area contributed by atoms with Crippen molar-refractivity contribution in [3.63, 3.8) is 0 Å². The molecule has 0 aliphatic heterocycles. The van der Waals surface area contributed by atoms with Crippen LogP contribution in [0.5, 0.6) is 0 Å². The smallest absolute Gasteiger partial charge is 0.242 e. The molecule has 1 aromatic rings. The van der Waals surface area contributed by atoms with E-state index in [2.05, 4.69) is 9.71 Å². The van der Waals surface area contributed by atoms with E-state index in [0.717, 1.165) is 0 Å². The lowest BCUT2D eigenvalue weighted by molar-refractivity contribution is 0.570. The molecule has 1 aromatic heterocycles. The average Bonchev–Trinajstić information content (AvgIpc) is 2.21. The SMILES string of the molecule is CSCC(C)NS(=O)(=O)c1cnc(Cl)c(Cl)c1. The van der Waals surface area contributed by atoms with E-state index < -0.39 is 10.0 Å². The molecule has 17 heavy (non-hydrogen) atoms. The second-order valence-electron chi connectivity index (χ2n) is 3.42. The largest absolute Gasteiger partial charge is 0.242 e. The van der Waals surface area contributed by atoms with Crippen LogP contribution in [0, 0.1) is 0 Å². The molecule has 0 amide bonds. The number of nitrogens with zero attached hydrogens (tertiary/aromatic N) is 1. The van der Waals surface area contributed by atoms with Gasteiger partial charge < -0.3 is 0 Å². The van der Waals surface area contributed by atoms with E-state index >= 15 is 0 Å². The number of nitrogens with one attached hydrogen (secondary N) is 1. The van der Waals surface area contributed by atoms with Crippen LogP contribution >= 0.6 is 35.0 Å². The molecule has 0 aromatic carbocycles. The first-order valence-electron chi connectivity index (χ1n) is 4.69. The van der Waals surface area contributed by atoms with Gasteiger partial charge in [-0.1, -0.05) is 23.2 Å². The molecular weight excluding hydrogens is 303 g/mol. The molecule has 0 bridgehead atoms. The molecule has 1 unspecified atom stereocenters. The summed E-state index contributed by atoms with van der Waals surface area (Å²) in [6, 6.07) is 1.12. The number of hydrogen-bond donors (Lipinski definition) is 1. The summed E-state index contributed by atoms with van der Waals surface area (Å²) in [6.45, 7) is 1.79. The summed E-state index contributed by atoms with van der Waals surface area (Å²) in [6.07, 6.45) is 3.09. The fourth-order valence-corrected chi connectivity index (χ4v) is 3.40. The molecule has 1 rings (SSSR count). The maximum absolute atomic E-state index is 11.9. The summed E-state index contributed by atoms with van der Waals surface area (Å²) >= 11 is 12.9. The van der Waals surface area contributed by atoms with Crippen LogP contribution < -0.4 is 4.72 Å². The lowest BCUT2D eigenvalue weighted by Gasteiger charge is -2.12. The molecule has 0 spiro atoms. The molecule has 8 heteroatoms. The minimum Gasteiger partial charge on any atom is -0.242 e. The van der Waals surface area contributed by atoms with E-state index in [9.17, 15) is 8.42 Å². The Morgan fingerprint density at radius 1 is 1.53 bits per heavy atom. The van der Waals surface area contributed by atoms with Gasteiger partial charge in [0.2, 0.25) is 10.0 Å². The third-order valence-corrected chi connectivity index (χ3v) is 4.93. The summed E-state index contributed by atoms with van der Waals surface area (Å²) in [5, 5.41) is 0.204. The zero-order chi connectivity index (χ0) is 13.1. The summed E-state index contributed by atoms with van der Waals surface area (Å²) in [5.74, 6) is 0.688. The van der Waals surface area contributed by atoms with Gasteiger partial charge in [-0.3, -0.25) is 0 Å². The van der Waals surface area contributed by atoms with Crippen molar-refractivity contribution in [1.29, 1.82) is 0 Å². The van der Waals surface area contributed by atoms with Gasteiger partial charge in [0.1, 0.15) is 10.0 Å². The lowest BCUT2D eigenvalue weighted by Crippen LogP contribution is -2.34. The van der Waals surface area contributed by atoms with Gasteiger partial charge in [-0.2, -0.15) is 11.8 Å². The molecule has 0 saturated heterocycles. The number of halogens is 2. The maximum Gasteiger partial charge on any atom is 0.242 e. The zero-order valence-corrected chi connectivity index (χ0v) is 12.4. The van der Waals surface area contributed by atoms with Gasteiger partial charge in [0.05, 0.1) is 5.02 Å². The highest BCUT2D eigenvalue weighted by atomic mass is 35.5. The van der Waals surface area contributed by atoms with Gasteiger partial charge in [-0.15, -0.1) is 0 Å². The van der Waals surface area contributed by atoms with Gasteiger partial charge in [0.15, 0.2) is 0 Å². The Morgan fingerprint density at radius 3 is 2.71 bits per heavy atom. The Kier molecular flexibility index (Phi) is 5.53. The van der Waals surface area contributed by atoms with Crippen LogP contribution in [-0.4, -0.2) is 31.5 Å². The van der Waals surface area contributed by atoms with Crippen LogP contribution in [-0.2, 0) is 10.0 Å². The number of sulfonamides is 1. The van der Waals surface area contributed by atoms with Gasteiger partial charge in [-0.25, -0.2) is 18.1 Å². The number of rotatable bonds is 5. The van der Waals surface area contributed by atoms with E-state index in [4.69, 9.17) is 23.2 Å². The Labute approximate surface area is 115 Å². The third-order valence-electron chi connectivity index (χ3n) is 1.85. The molecule has 0 aliphatic carbocycles. The van der Waals surface area contributed by atoms with Gasteiger partial charge in [0, 0.05) is 18.0 Å². The summed E-state index contributed by atoms with van der Waals surface area (Å²) < 4.78 is 26.4. The quantitative estimate of drug-likeness (QED) is 0.848. The summed E-state index contributed by atoms with van der Waals surface area (Å²) in [4.78, 5) is 3.72. The van der Waals surface area contributed by atoms with Gasteiger partial charge >= 0.3 is 0 Å². The van der Waals surface area contributed by atoms with E-state index in [1.54, 1.807) is 18.7 Å². The normalized spacial score (nSPS) is 13.6. The maximum atomic E-state index is 11.9. The monoisotopic (exact) mass is 314 g/mol. The van der Waals surface area contributed by atoms with Crippen molar-refractivity contribution in [2.45, 2.75) is 17.9 Å². The summed E-state index contributed by atoms with van der Waals surface area (Å²) in [5.41, 5.74) is 0. The van der Waals surface area contributed by atoms with Crippen molar-refractivity contribution in [2.24, 2.45) is 0 Å². The molecule has 0 aliphatic rings. The molecule has 96 valence electrons. The Morgan fingerprint density at radius 2 is 2.18 bits per heavy atom. The van der Waals surface area contributed by atoms with Gasteiger partial charge in [0.25, 0.3) is 0 Å². The minimum atomic E-state index is -3.59. The van der Waals surface area contributed by atoms with Crippen molar-refractivity contribution in [2.75, 3.05) is 12.0 Å². The molecule has 1 atom stereocenters. The van der Waals surface area contributed by atoms with E-state index in [1.807, 2.05) is 6.26 Å². The first-order valence-corrected chi connectivity index (χ1v) is 8.32. The van der Waals surface area contributed by atoms with Crippen molar-refractivity contribution < 1.29 is 8.42 Å². The van der Waals surface area contributed by atoms with E-state index in [0.29, 0.717) is 5.75 Å². The number of hydrogen-bond acceptors (Lipinski definition) is 4. The molecule has 0 saturated carbocycles. The molecule has 1 N–H and O–H groups in total. The average molecular weight is 315 g/mol. The third kappa shape index (κ3) is 4.30. The Bertz CT molecular complexity index is 494. The van der Waals surface area contributed by atoms with Crippen molar-refractivity contribution in [1.82, 2.24) is 9.71 Å². The molecule has 0 radical (unpaired) electrons. The van der Waals surface area contributed by atoms with Crippen LogP contribution in [0.25, 0.3) is 0 Å². The predicted molar refractivity (Wildman–Crippen MR) is 72.4 cm³/mol. The van der Waals surface area contributed by atoms with Crippen molar-refractivity contribution in [3.05, 3.63) is 22.4 Å². The van der Waals surface area contributed by atoms with Crippen LogP contribution in [0.4, 0.5) is 0 Å². The first-order chi connectivity index (χ1) is 7.86. The molecule has 0 fully saturated rings. The van der Waals surface area contributed by atoms with Crippen LogP contribution in [0.15, 0.2) is 17.2 Å². The molecular formula is C9H12Cl2N2O2S2. The second-order valence-corrected chi connectivity index (χ2v) is 6.81. The second kappa shape index (κ2) is 6.24. The Balaban J connectivity index is 2.93. The number of pyridine rings is 1. The van der Waals surface area contributed by atoms with Crippen molar-refractivity contribution in [3.8, 4) is 0 Å². The fraction of sp³-hybridized carbons (Fsp3) is 0.444. The Hall–Kier alpha value is -0.0100.